The van der Waals surface area contributed by atoms with E-state index >= 15 is 0 Å². The first-order valence-electron chi connectivity index (χ1n) is 5.87. The van der Waals surface area contributed by atoms with Crippen LogP contribution in [0.2, 0.25) is 0 Å². The second-order valence-corrected chi connectivity index (χ2v) is 6.11. The lowest BCUT2D eigenvalue weighted by atomic mass is 9.86. The summed E-state index contributed by atoms with van der Waals surface area (Å²) in [7, 11) is 0. The Labute approximate surface area is 111 Å². The highest BCUT2D eigenvalue weighted by molar-refractivity contribution is 7.07. The average Bonchev–Trinajstić information content (AvgIpc) is 2.82. The van der Waals surface area contributed by atoms with Gasteiger partial charge in [-0.05, 0) is 28.1 Å². The van der Waals surface area contributed by atoms with Crippen molar-refractivity contribution < 1.29 is 4.79 Å². The van der Waals surface area contributed by atoms with E-state index in [1.807, 2.05) is 12.1 Å². The number of nitrogens with zero attached hydrogens (tertiary/aromatic N) is 2. The summed E-state index contributed by atoms with van der Waals surface area (Å²) in [6.07, 6.45) is 1.94. The molecule has 0 aliphatic rings. The van der Waals surface area contributed by atoms with Crippen LogP contribution in [-0.2, 0) is 11.8 Å². The van der Waals surface area contributed by atoms with Crippen molar-refractivity contribution in [1.29, 1.82) is 0 Å². The molecule has 3 nitrogen and oxygen atoms in total. The van der Waals surface area contributed by atoms with E-state index in [9.17, 15) is 4.79 Å². The Morgan fingerprint density at radius 3 is 2.39 bits per heavy atom. The molecule has 2 aromatic rings. The van der Waals surface area contributed by atoms with Crippen molar-refractivity contribution in [3.05, 3.63) is 46.5 Å². The molecule has 0 N–H and O–H groups in total. The molecular weight excluding hydrogens is 244 g/mol. The molecule has 0 atom stereocenters. The lowest BCUT2D eigenvalue weighted by molar-refractivity contribution is 0.0996. The van der Waals surface area contributed by atoms with Gasteiger partial charge in [0.2, 0.25) is 0 Å². The minimum Gasteiger partial charge on any atom is -0.293 e. The molecule has 4 heteroatoms. The van der Waals surface area contributed by atoms with Crippen LogP contribution in [0.3, 0.4) is 0 Å². The third kappa shape index (κ3) is 3.01. The number of carbonyl (C=O) groups excluding carboxylic acids is 1. The number of hydrogen-bond acceptors (Lipinski definition) is 4. The zero-order valence-corrected chi connectivity index (χ0v) is 11.6. The minimum atomic E-state index is 0.0773. The van der Waals surface area contributed by atoms with Crippen molar-refractivity contribution >= 4 is 17.3 Å². The molecule has 1 aromatic heterocycles. The molecule has 2 rings (SSSR count). The first-order chi connectivity index (χ1) is 8.47. The van der Waals surface area contributed by atoms with E-state index < -0.39 is 0 Å². The second kappa shape index (κ2) is 4.98. The normalized spacial score (nSPS) is 11.5. The highest BCUT2D eigenvalue weighted by Crippen LogP contribution is 2.22. The molecule has 0 unspecified atom stereocenters. The topological polar surface area (TPSA) is 42.9 Å². The number of hydrogen-bond donors (Lipinski definition) is 0. The van der Waals surface area contributed by atoms with Crippen molar-refractivity contribution in [1.82, 2.24) is 9.59 Å². The van der Waals surface area contributed by atoms with Crippen LogP contribution in [-0.4, -0.2) is 15.4 Å². The summed E-state index contributed by atoms with van der Waals surface area (Å²) < 4.78 is 3.70. The van der Waals surface area contributed by atoms with E-state index in [0.717, 1.165) is 17.1 Å². The third-order valence-corrected chi connectivity index (χ3v) is 3.53. The Bertz CT molecular complexity index is 524. The fourth-order valence-electron chi connectivity index (χ4n) is 1.69. The van der Waals surface area contributed by atoms with Crippen LogP contribution in [0.25, 0.3) is 0 Å². The maximum atomic E-state index is 11.9. The Kier molecular flexibility index (Phi) is 3.57. The van der Waals surface area contributed by atoms with E-state index in [4.69, 9.17) is 0 Å². The van der Waals surface area contributed by atoms with Crippen molar-refractivity contribution in [3.63, 3.8) is 0 Å². The summed E-state index contributed by atoms with van der Waals surface area (Å²) in [5.74, 6) is 0.0773. The fourth-order valence-corrected chi connectivity index (χ4v) is 2.14. The van der Waals surface area contributed by atoms with Gasteiger partial charge in [0.15, 0.2) is 5.78 Å². The van der Waals surface area contributed by atoms with Crippen LogP contribution in [0, 0.1) is 0 Å². The zero-order valence-electron chi connectivity index (χ0n) is 10.8. The maximum Gasteiger partial charge on any atom is 0.180 e. The Morgan fingerprint density at radius 1 is 1.22 bits per heavy atom. The maximum absolute atomic E-state index is 11.9. The molecule has 0 aliphatic heterocycles. The summed E-state index contributed by atoms with van der Waals surface area (Å²) in [5.41, 5.74) is 2.45. The first-order valence-corrected chi connectivity index (χ1v) is 6.64. The van der Waals surface area contributed by atoms with Gasteiger partial charge in [0.05, 0.1) is 6.20 Å². The molecule has 0 fully saturated rings. The summed E-state index contributed by atoms with van der Waals surface area (Å²) in [6, 6.07) is 8.22. The molecule has 94 valence electrons. The summed E-state index contributed by atoms with van der Waals surface area (Å²) >= 11 is 1.15. The van der Waals surface area contributed by atoms with E-state index in [2.05, 4.69) is 42.5 Å². The zero-order chi connectivity index (χ0) is 13.2. The van der Waals surface area contributed by atoms with E-state index in [1.165, 1.54) is 11.8 Å². The quantitative estimate of drug-likeness (QED) is 0.795. The van der Waals surface area contributed by atoms with Gasteiger partial charge in [-0.3, -0.25) is 4.79 Å². The number of benzene rings is 1. The lowest BCUT2D eigenvalue weighted by Crippen LogP contribution is -2.11. The highest BCUT2D eigenvalue weighted by atomic mass is 32.1. The summed E-state index contributed by atoms with van der Waals surface area (Å²) in [6.45, 7) is 6.53. The van der Waals surface area contributed by atoms with Gasteiger partial charge in [-0.1, -0.05) is 49.5 Å². The van der Waals surface area contributed by atoms with Gasteiger partial charge in [0.25, 0.3) is 0 Å². The van der Waals surface area contributed by atoms with Crippen LogP contribution in [0.4, 0.5) is 0 Å². The number of aromatic nitrogens is 2. The standard InChI is InChI=1S/C14H16N2OS/c1-14(2,3)11-6-4-10(5-7-11)8-12(17)13-9-15-16-18-13/h4-7,9H,8H2,1-3H3. The molecule has 18 heavy (non-hydrogen) atoms. The molecule has 0 radical (unpaired) electrons. The third-order valence-electron chi connectivity index (χ3n) is 2.82. The van der Waals surface area contributed by atoms with Gasteiger partial charge in [-0.15, -0.1) is 5.10 Å². The first kappa shape index (κ1) is 12.9. The van der Waals surface area contributed by atoms with Gasteiger partial charge in [-0.2, -0.15) is 0 Å². The molecule has 0 saturated heterocycles. The molecule has 1 aromatic carbocycles. The fraction of sp³-hybridized carbons (Fsp3) is 0.357. The van der Waals surface area contributed by atoms with Gasteiger partial charge in [-0.25, -0.2) is 0 Å². The van der Waals surface area contributed by atoms with Crippen LogP contribution >= 0.6 is 11.5 Å². The molecule has 0 aliphatic carbocycles. The highest BCUT2D eigenvalue weighted by Gasteiger charge is 2.14. The van der Waals surface area contributed by atoms with Crippen LogP contribution in [0.5, 0.6) is 0 Å². The predicted octanol–water partition coefficient (Wildman–Crippen LogP) is 3.26. The lowest BCUT2D eigenvalue weighted by Gasteiger charge is -2.19. The number of Topliss-reactive ketones (excluding diaryl/α,β-unsaturated/α-hetero) is 1. The minimum absolute atomic E-state index is 0.0773. The molecule has 0 amide bonds. The SMILES string of the molecule is CC(C)(C)c1ccc(CC(=O)c2cnns2)cc1. The van der Waals surface area contributed by atoms with Crippen LogP contribution < -0.4 is 0 Å². The van der Waals surface area contributed by atoms with Crippen molar-refractivity contribution in [2.75, 3.05) is 0 Å². The monoisotopic (exact) mass is 260 g/mol. The van der Waals surface area contributed by atoms with E-state index in [0.29, 0.717) is 11.3 Å². The second-order valence-electron chi connectivity index (χ2n) is 5.33. The summed E-state index contributed by atoms with van der Waals surface area (Å²) in [4.78, 5) is 12.5. The average molecular weight is 260 g/mol. The van der Waals surface area contributed by atoms with Crippen molar-refractivity contribution in [2.45, 2.75) is 32.6 Å². The smallest absolute Gasteiger partial charge is 0.180 e. The van der Waals surface area contributed by atoms with Crippen molar-refractivity contribution in [3.8, 4) is 0 Å². The molecule has 0 bridgehead atoms. The van der Waals surface area contributed by atoms with Crippen molar-refractivity contribution in [2.24, 2.45) is 0 Å². The van der Waals surface area contributed by atoms with Gasteiger partial charge in [0.1, 0.15) is 4.88 Å². The van der Waals surface area contributed by atoms with E-state index in [-0.39, 0.29) is 11.2 Å². The largest absolute Gasteiger partial charge is 0.293 e. The van der Waals surface area contributed by atoms with Crippen LogP contribution in [0.15, 0.2) is 30.5 Å². The summed E-state index contributed by atoms with van der Waals surface area (Å²) in [5, 5.41) is 3.68. The molecule has 1 heterocycles. The number of ketones is 1. The van der Waals surface area contributed by atoms with Gasteiger partial charge >= 0.3 is 0 Å². The van der Waals surface area contributed by atoms with Gasteiger partial charge in [0, 0.05) is 6.42 Å². The van der Waals surface area contributed by atoms with Gasteiger partial charge < -0.3 is 0 Å². The number of carbonyl (C=O) groups is 1. The Balaban J connectivity index is 2.09. The predicted molar refractivity (Wildman–Crippen MR) is 73.1 cm³/mol. The molecule has 0 spiro atoms. The molecule has 0 saturated carbocycles. The molecular formula is C14H16N2OS. The van der Waals surface area contributed by atoms with Crippen LogP contribution in [0.1, 0.15) is 41.6 Å². The Morgan fingerprint density at radius 2 is 1.89 bits per heavy atom. The van der Waals surface area contributed by atoms with E-state index in [1.54, 1.807) is 0 Å². The Hall–Kier alpha value is -1.55. The number of rotatable bonds is 3.